The van der Waals surface area contributed by atoms with E-state index in [9.17, 15) is 18.0 Å². The third-order valence-electron chi connectivity index (χ3n) is 5.40. The van der Waals surface area contributed by atoms with E-state index in [-0.39, 0.29) is 5.91 Å². The van der Waals surface area contributed by atoms with Gasteiger partial charge < -0.3 is 10.1 Å². The molecule has 1 amide bonds. The van der Waals surface area contributed by atoms with Gasteiger partial charge in [-0.15, -0.1) is 0 Å². The predicted octanol–water partition coefficient (Wildman–Crippen LogP) is 6.42. The number of carbonyl (C=O) groups is 1. The van der Waals surface area contributed by atoms with Crippen LogP contribution in [0.2, 0.25) is 0 Å². The van der Waals surface area contributed by atoms with Gasteiger partial charge in [-0.2, -0.15) is 13.2 Å². The number of halogens is 3. The minimum absolute atomic E-state index is 0.364. The lowest BCUT2D eigenvalue weighted by molar-refractivity contribution is -0.137. The zero-order valence-corrected chi connectivity index (χ0v) is 19.9. The third kappa shape index (κ3) is 8.24. The van der Waals surface area contributed by atoms with E-state index in [1.807, 2.05) is 12.1 Å². The van der Waals surface area contributed by atoms with Crippen LogP contribution < -0.4 is 10.1 Å². The van der Waals surface area contributed by atoms with Crippen LogP contribution in [0.5, 0.6) is 5.75 Å². The van der Waals surface area contributed by atoms with E-state index < -0.39 is 11.7 Å². The van der Waals surface area contributed by atoms with Crippen molar-refractivity contribution in [2.45, 2.75) is 58.8 Å². The molecule has 180 valence electrons. The quantitative estimate of drug-likeness (QED) is 0.415. The molecular formula is C26H33F3N2O2. The number of anilines is 1. The number of amides is 1. The molecule has 7 heteroatoms. The first-order valence-corrected chi connectivity index (χ1v) is 11.1. The van der Waals surface area contributed by atoms with Crippen LogP contribution in [0.25, 0.3) is 6.08 Å². The third-order valence-corrected chi connectivity index (χ3v) is 5.40. The zero-order chi connectivity index (χ0) is 24.6. The monoisotopic (exact) mass is 462 g/mol. The van der Waals surface area contributed by atoms with Gasteiger partial charge in [0.15, 0.2) is 0 Å². The summed E-state index contributed by atoms with van der Waals surface area (Å²) in [6.07, 6.45) is 0.164. The summed E-state index contributed by atoms with van der Waals surface area (Å²) in [4.78, 5) is 14.7. The Morgan fingerprint density at radius 1 is 1.06 bits per heavy atom. The van der Waals surface area contributed by atoms with Gasteiger partial charge in [-0.25, -0.2) is 0 Å². The molecule has 1 N–H and O–H groups in total. The lowest BCUT2D eigenvalue weighted by Crippen LogP contribution is -2.37. The van der Waals surface area contributed by atoms with E-state index in [1.54, 1.807) is 13.2 Å². The first-order valence-electron chi connectivity index (χ1n) is 11.1. The van der Waals surface area contributed by atoms with Crippen LogP contribution in [0.3, 0.4) is 0 Å². The Bertz CT molecular complexity index is 928. The molecule has 0 aromatic heterocycles. The fraction of sp³-hybridized carbons (Fsp3) is 0.423. The highest BCUT2D eigenvalue weighted by Crippen LogP contribution is 2.29. The largest absolute Gasteiger partial charge is 0.496 e. The smallest absolute Gasteiger partial charge is 0.416 e. The van der Waals surface area contributed by atoms with Gasteiger partial charge in [0, 0.05) is 23.8 Å². The molecule has 0 bridgehead atoms. The van der Waals surface area contributed by atoms with E-state index in [2.05, 4.69) is 37.9 Å². The van der Waals surface area contributed by atoms with Gasteiger partial charge in [0.05, 0.1) is 12.7 Å². The summed E-state index contributed by atoms with van der Waals surface area (Å²) < 4.78 is 43.4. The molecule has 0 atom stereocenters. The first-order chi connectivity index (χ1) is 15.5. The number of ether oxygens (including phenoxy) is 1. The number of hydrogen-bond donors (Lipinski definition) is 1. The molecule has 0 aliphatic carbocycles. The number of nitrogens with zero attached hydrogens (tertiary/aromatic N) is 1. The van der Waals surface area contributed by atoms with Crippen molar-refractivity contribution < 1.29 is 22.7 Å². The second-order valence-electron chi connectivity index (χ2n) is 8.50. The topological polar surface area (TPSA) is 41.6 Å². The maximum absolute atomic E-state index is 12.7. The van der Waals surface area contributed by atoms with E-state index in [0.29, 0.717) is 23.3 Å². The van der Waals surface area contributed by atoms with Gasteiger partial charge in [0.2, 0.25) is 5.91 Å². The van der Waals surface area contributed by atoms with Gasteiger partial charge in [0.1, 0.15) is 5.75 Å². The molecule has 0 radical (unpaired) electrons. The van der Waals surface area contributed by atoms with Crippen molar-refractivity contribution in [3.8, 4) is 5.75 Å². The number of benzene rings is 2. The summed E-state index contributed by atoms with van der Waals surface area (Å²) in [6, 6.07) is 11.1. The molecule has 0 heterocycles. The minimum atomic E-state index is -4.38. The highest BCUT2D eigenvalue weighted by molar-refractivity contribution is 6.02. The van der Waals surface area contributed by atoms with Crippen LogP contribution in [0.15, 0.2) is 48.5 Å². The number of carbonyl (C=O) groups excluding carboxylic acids is 1. The van der Waals surface area contributed by atoms with Crippen LogP contribution in [-0.2, 0) is 17.4 Å². The van der Waals surface area contributed by atoms with Crippen LogP contribution in [0.1, 0.15) is 50.8 Å². The summed E-state index contributed by atoms with van der Waals surface area (Å²) in [6.45, 7) is 9.72. The maximum atomic E-state index is 12.7. The minimum Gasteiger partial charge on any atom is -0.496 e. The molecule has 0 saturated heterocycles. The first kappa shape index (κ1) is 26.5. The molecule has 2 rings (SSSR count). The standard InChI is InChI=1S/C26H33F3N2O2/c1-18(2)31(19(3)4)16-6-7-21-17-23(13-14-24(21)33-5)30-25(32)15-10-20-8-11-22(12-9-20)26(27,28)29/h8-15,17-19H,6-7,16H2,1-5H3,(H,30,32)/b15-10+. The second kappa shape index (κ2) is 11.9. The molecule has 2 aromatic carbocycles. The fourth-order valence-electron chi connectivity index (χ4n) is 3.76. The van der Waals surface area contributed by atoms with Crippen molar-refractivity contribution in [3.05, 3.63) is 65.2 Å². The summed E-state index contributed by atoms with van der Waals surface area (Å²) in [5.41, 5.74) is 1.43. The Morgan fingerprint density at radius 3 is 2.24 bits per heavy atom. The summed E-state index contributed by atoms with van der Waals surface area (Å²) in [5.74, 6) is 0.408. The van der Waals surface area contributed by atoms with Crippen molar-refractivity contribution >= 4 is 17.7 Å². The van der Waals surface area contributed by atoms with Crippen molar-refractivity contribution in [1.82, 2.24) is 4.90 Å². The highest BCUT2D eigenvalue weighted by Gasteiger charge is 2.29. The van der Waals surface area contributed by atoms with E-state index in [0.717, 1.165) is 42.8 Å². The molecule has 0 unspecified atom stereocenters. The Hall–Kier alpha value is -2.80. The molecule has 0 aliphatic heterocycles. The Morgan fingerprint density at radius 2 is 1.70 bits per heavy atom. The number of rotatable bonds is 10. The average Bonchev–Trinajstić information content (AvgIpc) is 2.74. The Kier molecular flexibility index (Phi) is 9.53. The molecule has 33 heavy (non-hydrogen) atoms. The van der Waals surface area contributed by atoms with Gasteiger partial charge in [-0.1, -0.05) is 12.1 Å². The molecule has 0 spiro atoms. The van der Waals surface area contributed by atoms with Crippen LogP contribution >= 0.6 is 0 Å². The number of methoxy groups -OCH3 is 1. The van der Waals surface area contributed by atoms with E-state index in [1.165, 1.54) is 24.3 Å². The Labute approximate surface area is 194 Å². The van der Waals surface area contributed by atoms with E-state index in [4.69, 9.17) is 4.74 Å². The number of hydrogen-bond acceptors (Lipinski definition) is 3. The SMILES string of the molecule is COc1ccc(NC(=O)/C=C/c2ccc(C(F)(F)F)cc2)cc1CCCN(C(C)C)C(C)C. The molecule has 0 aliphatic rings. The van der Waals surface area contributed by atoms with Crippen molar-refractivity contribution in [2.75, 3.05) is 19.0 Å². The second-order valence-corrected chi connectivity index (χ2v) is 8.50. The van der Waals surface area contributed by atoms with E-state index >= 15 is 0 Å². The van der Waals surface area contributed by atoms with Crippen LogP contribution in [0, 0.1) is 0 Å². The molecule has 0 saturated carbocycles. The molecule has 4 nitrogen and oxygen atoms in total. The van der Waals surface area contributed by atoms with Crippen molar-refractivity contribution in [3.63, 3.8) is 0 Å². The predicted molar refractivity (Wildman–Crippen MR) is 127 cm³/mol. The molecular weight excluding hydrogens is 429 g/mol. The summed E-state index contributed by atoms with van der Waals surface area (Å²) in [5, 5.41) is 2.80. The number of alkyl halides is 3. The normalized spacial score (nSPS) is 12.2. The van der Waals surface area contributed by atoms with Gasteiger partial charge >= 0.3 is 6.18 Å². The van der Waals surface area contributed by atoms with Crippen LogP contribution in [0.4, 0.5) is 18.9 Å². The zero-order valence-electron chi connectivity index (χ0n) is 19.9. The summed E-state index contributed by atoms with van der Waals surface area (Å²) >= 11 is 0. The van der Waals surface area contributed by atoms with Gasteiger partial charge in [-0.05, 0) is 94.6 Å². The number of nitrogens with one attached hydrogen (secondary N) is 1. The van der Waals surface area contributed by atoms with Gasteiger partial charge in [0.25, 0.3) is 0 Å². The fourth-order valence-corrected chi connectivity index (χ4v) is 3.76. The van der Waals surface area contributed by atoms with Crippen molar-refractivity contribution in [2.24, 2.45) is 0 Å². The Balaban J connectivity index is 2.01. The van der Waals surface area contributed by atoms with Gasteiger partial charge in [-0.3, -0.25) is 9.69 Å². The lowest BCUT2D eigenvalue weighted by Gasteiger charge is -2.30. The lowest BCUT2D eigenvalue weighted by atomic mass is 10.1. The average molecular weight is 463 g/mol. The maximum Gasteiger partial charge on any atom is 0.416 e. The molecule has 2 aromatic rings. The highest BCUT2D eigenvalue weighted by atomic mass is 19.4. The van der Waals surface area contributed by atoms with Crippen LogP contribution in [-0.4, -0.2) is 36.5 Å². The summed E-state index contributed by atoms with van der Waals surface area (Å²) in [7, 11) is 1.62. The number of aryl methyl sites for hydroxylation is 1. The molecule has 0 fully saturated rings. The van der Waals surface area contributed by atoms with Crippen molar-refractivity contribution in [1.29, 1.82) is 0 Å².